The van der Waals surface area contributed by atoms with E-state index < -0.39 is 10.0 Å². The summed E-state index contributed by atoms with van der Waals surface area (Å²) in [7, 11) is -3.12. The van der Waals surface area contributed by atoms with Crippen molar-refractivity contribution in [2.24, 2.45) is 0 Å². The summed E-state index contributed by atoms with van der Waals surface area (Å²) in [5.41, 5.74) is 0.470. The minimum atomic E-state index is -3.12. The predicted molar refractivity (Wildman–Crippen MR) is 64.4 cm³/mol. The lowest BCUT2D eigenvalue weighted by atomic mass is 10.2. The molecule has 0 unspecified atom stereocenters. The minimum absolute atomic E-state index is 0.0991. The summed E-state index contributed by atoms with van der Waals surface area (Å²) in [4.78, 5) is 3.98. The van der Waals surface area contributed by atoms with Crippen LogP contribution in [0.2, 0.25) is 0 Å². The summed E-state index contributed by atoms with van der Waals surface area (Å²) in [6.07, 6.45) is 1.31. The molecule has 0 atom stereocenters. The summed E-state index contributed by atoms with van der Waals surface area (Å²) in [6, 6.07) is 5.12. The van der Waals surface area contributed by atoms with Gasteiger partial charge in [-0.25, -0.2) is 13.4 Å². The van der Waals surface area contributed by atoms with Gasteiger partial charge in [-0.2, -0.15) is 9.57 Å². The van der Waals surface area contributed by atoms with Gasteiger partial charge in [0.25, 0.3) is 0 Å². The number of nitrogens with zero attached hydrogens (tertiary/aromatic N) is 3. The highest BCUT2D eigenvalue weighted by atomic mass is 32.2. The van der Waals surface area contributed by atoms with Gasteiger partial charge < -0.3 is 4.74 Å². The van der Waals surface area contributed by atoms with Crippen molar-refractivity contribution in [1.82, 2.24) is 9.29 Å². The van der Waals surface area contributed by atoms with E-state index in [1.165, 1.54) is 16.6 Å². The predicted octanol–water partition coefficient (Wildman–Crippen LogP) is 0.366. The van der Waals surface area contributed by atoms with E-state index in [1.807, 2.05) is 6.07 Å². The molecule has 0 saturated carbocycles. The van der Waals surface area contributed by atoms with Crippen molar-refractivity contribution >= 4 is 10.0 Å². The fraction of sp³-hybridized carbons (Fsp3) is 0.455. The second-order valence-electron chi connectivity index (χ2n) is 3.95. The molecule has 1 aliphatic rings. The zero-order chi connectivity index (χ0) is 13.2. The molecule has 1 aliphatic heterocycles. The Morgan fingerprint density at radius 1 is 1.61 bits per heavy atom. The van der Waals surface area contributed by atoms with E-state index in [-0.39, 0.29) is 11.9 Å². The fourth-order valence-corrected chi connectivity index (χ4v) is 2.75. The number of sulfonamides is 1. The zero-order valence-electron chi connectivity index (χ0n) is 9.91. The lowest BCUT2D eigenvalue weighted by molar-refractivity contribution is 0.0722. The third-order valence-electron chi connectivity index (χ3n) is 2.72. The van der Waals surface area contributed by atoms with Crippen molar-refractivity contribution in [3.8, 4) is 11.9 Å². The quantitative estimate of drug-likeness (QED) is 0.786. The Morgan fingerprint density at radius 2 is 2.33 bits per heavy atom. The Kier molecular flexibility index (Phi) is 3.50. The minimum Gasteiger partial charge on any atom is -0.471 e. The third-order valence-corrected chi connectivity index (χ3v) is 4.54. The molecular weight excluding hydrogens is 254 g/mol. The SMILES string of the molecule is CCS(=O)(=O)N1CC(Oc2cc(C#N)ccn2)C1. The number of pyridine rings is 1. The second-order valence-corrected chi connectivity index (χ2v) is 6.21. The average Bonchev–Trinajstić information content (AvgIpc) is 2.33. The molecule has 18 heavy (non-hydrogen) atoms. The topological polar surface area (TPSA) is 83.3 Å². The van der Waals surface area contributed by atoms with Crippen molar-refractivity contribution in [2.75, 3.05) is 18.8 Å². The summed E-state index contributed by atoms with van der Waals surface area (Å²) < 4.78 is 29.9. The Hall–Kier alpha value is -1.65. The van der Waals surface area contributed by atoms with Crippen molar-refractivity contribution in [2.45, 2.75) is 13.0 Å². The zero-order valence-corrected chi connectivity index (χ0v) is 10.7. The van der Waals surface area contributed by atoms with Gasteiger partial charge in [0.2, 0.25) is 15.9 Å². The monoisotopic (exact) mass is 267 g/mol. The molecule has 0 radical (unpaired) electrons. The number of aromatic nitrogens is 1. The van der Waals surface area contributed by atoms with Gasteiger partial charge in [0.15, 0.2) is 0 Å². The molecule has 0 aromatic carbocycles. The normalized spacial score (nSPS) is 16.9. The van der Waals surface area contributed by atoms with Gasteiger partial charge in [0.05, 0.1) is 30.5 Å². The summed E-state index contributed by atoms with van der Waals surface area (Å²) in [5, 5.41) is 8.73. The van der Waals surface area contributed by atoms with E-state index in [0.29, 0.717) is 24.5 Å². The molecule has 1 fully saturated rings. The van der Waals surface area contributed by atoms with Gasteiger partial charge in [-0.1, -0.05) is 0 Å². The average molecular weight is 267 g/mol. The van der Waals surface area contributed by atoms with Gasteiger partial charge in [0, 0.05) is 12.3 Å². The number of rotatable bonds is 4. The van der Waals surface area contributed by atoms with Gasteiger partial charge in [-0.15, -0.1) is 0 Å². The van der Waals surface area contributed by atoms with Crippen LogP contribution in [0.5, 0.6) is 5.88 Å². The molecule has 2 heterocycles. The lowest BCUT2D eigenvalue weighted by Gasteiger charge is -2.37. The van der Waals surface area contributed by atoms with Crippen LogP contribution < -0.4 is 4.74 Å². The highest BCUT2D eigenvalue weighted by molar-refractivity contribution is 7.89. The van der Waals surface area contributed by atoms with E-state index >= 15 is 0 Å². The van der Waals surface area contributed by atoms with Crippen molar-refractivity contribution in [1.29, 1.82) is 5.26 Å². The van der Waals surface area contributed by atoms with E-state index in [1.54, 1.807) is 13.0 Å². The highest BCUT2D eigenvalue weighted by Gasteiger charge is 2.36. The van der Waals surface area contributed by atoms with Crippen LogP contribution in [0.3, 0.4) is 0 Å². The van der Waals surface area contributed by atoms with E-state index in [9.17, 15) is 8.42 Å². The Bertz CT molecular complexity index is 573. The van der Waals surface area contributed by atoms with Crippen molar-refractivity contribution in [3.63, 3.8) is 0 Å². The van der Waals surface area contributed by atoms with Crippen LogP contribution in [0, 0.1) is 11.3 Å². The van der Waals surface area contributed by atoms with E-state index in [2.05, 4.69) is 4.98 Å². The number of nitriles is 1. The van der Waals surface area contributed by atoms with Gasteiger partial charge in [-0.3, -0.25) is 0 Å². The Labute approximate surface area is 106 Å². The fourth-order valence-electron chi connectivity index (χ4n) is 1.60. The first kappa shape index (κ1) is 12.8. The van der Waals surface area contributed by atoms with Crippen LogP contribution in [0.4, 0.5) is 0 Å². The molecular formula is C11H13N3O3S. The molecule has 1 aromatic rings. The van der Waals surface area contributed by atoms with Crippen LogP contribution >= 0.6 is 0 Å². The van der Waals surface area contributed by atoms with Crippen molar-refractivity contribution < 1.29 is 13.2 Å². The summed E-state index contributed by atoms with van der Waals surface area (Å²) in [6.45, 7) is 2.30. The largest absolute Gasteiger partial charge is 0.471 e. The van der Waals surface area contributed by atoms with Gasteiger partial charge in [-0.05, 0) is 13.0 Å². The van der Waals surface area contributed by atoms with Crippen LogP contribution in [0.1, 0.15) is 12.5 Å². The molecule has 2 rings (SSSR count). The molecule has 0 amide bonds. The standard InChI is InChI=1S/C11H13N3O3S/c1-2-18(15,16)14-7-10(8-14)17-11-5-9(6-12)3-4-13-11/h3-5,10H,2,7-8H2,1H3. The lowest BCUT2D eigenvalue weighted by Crippen LogP contribution is -2.56. The Morgan fingerprint density at radius 3 is 2.94 bits per heavy atom. The van der Waals surface area contributed by atoms with Crippen LogP contribution in [-0.4, -0.2) is 42.7 Å². The summed E-state index contributed by atoms with van der Waals surface area (Å²) in [5.74, 6) is 0.453. The number of hydrogen-bond donors (Lipinski definition) is 0. The third kappa shape index (κ3) is 2.60. The number of ether oxygens (including phenoxy) is 1. The van der Waals surface area contributed by atoms with Gasteiger partial charge >= 0.3 is 0 Å². The molecule has 0 spiro atoms. The molecule has 1 aromatic heterocycles. The first-order valence-corrected chi connectivity index (χ1v) is 7.16. The van der Waals surface area contributed by atoms with Gasteiger partial charge in [0.1, 0.15) is 6.10 Å². The molecule has 6 nitrogen and oxygen atoms in total. The van der Waals surface area contributed by atoms with Crippen LogP contribution in [-0.2, 0) is 10.0 Å². The molecule has 0 aliphatic carbocycles. The smallest absolute Gasteiger partial charge is 0.214 e. The maximum atomic E-state index is 11.5. The molecule has 0 bridgehead atoms. The van der Waals surface area contributed by atoms with E-state index in [0.717, 1.165) is 0 Å². The van der Waals surface area contributed by atoms with E-state index in [4.69, 9.17) is 10.00 Å². The molecule has 0 N–H and O–H groups in total. The number of hydrogen-bond acceptors (Lipinski definition) is 5. The maximum Gasteiger partial charge on any atom is 0.214 e. The van der Waals surface area contributed by atoms with Crippen LogP contribution in [0.25, 0.3) is 0 Å². The summed E-state index contributed by atoms with van der Waals surface area (Å²) >= 11 is 0. The first-order valence-electron chi connectivity index (χ1n) is 5.56. The highest BCUT2D eigenvalue weighted by Crippen LogP contribution is 2.19. The first-order chi connectivity index (χ1) is 8.55. The molecule has 1 saturated heterocycles. The molecule has 96 valence electrons. The molecule has 7 heteroatoms. The Balaban J connectivity index is 1.93. The maximum absolute atomic E-state index is 11.5. The van der Waals surface area contributed by atoms with Crippen LogP contribution in [0.15, 0.2) is 18.3 Å². The van der Waals surface area contributed by atoms with Crippen molar-refractivity contribution in [3.05, 3.63) is 23.9 Å². The second kappa shape index (κ2) is 4.92.